The predicted octanol–water partition coefficient (Wildman–Crippen LogP) is 0.432. The summed E-state index contributed by atoms with van der Waals surface area (Å²) in [4.78, 5) is 22.1. The number of hydrogen-bond acceptors (Lipinski definition) is 3. The summed E-state index contributed by atoms with van der Waals surface area (Å²) >= 11 is 0. The van der Waals surface area contributed by atoms with E-state index >= 15 is 0 Å². The van der Waals surface area contributed by atoms with Gasteiger partial charge in [0.05, 0.1) is 5.57 Å². The molecule has 4 nitrogen and oxygen atoms in total. The number of carbonyl (C=O) groups is 2. The van der Waals surface area contributed by atoms with Gasteiger partial charge in [-0.15, -0.1) is 0 Å². The zero-order valence-electron chi connectivity index (χ0n) is 7.15. The van der Waals surface area contributed by atoms with Crippen molar-refractivity contribution in [2.45, 2.75) is 0 Å². The molecule has 1 heterocycles. The third kappa shape index (κ3) is 1.37. The van der Waals surface area contributed by atoms with Gasteiger partial charge in [0.25, 0.3) is 11.8 Å². The quantitative estimate of drug-likeness (QED) is 0.629. The maximum atomic E-state index is 11.2. The number of nitrogens with one attached hydrogen (secondary N) is 1. The number of imide groups is 1. The summed E-state index contributed by atoms with van der Waals surface area (Å²) in [6, 6.07) is 6.20. The van der Waals surface area contributed by atoms with Crippen molar-refractivity contribution in [2.75, 3.05) is 0 Å². The van der Waals surface area contributed by atoms with Crippen molar-refractivity contribution in [1.29, 1.82) is 0 Å². The lowest BCUT2D eigenvalue weighted by molar-refractivity contribution is -0.123. The Morgan fingerprint density at radius 1 is 1.21 bits per heavy atom. The molecule has 0 saturated carbocycles. The van der Waals surface area contributed by atoms with Crippen LogP contribution in [0.15, 0.2) is 30.3 Å². The Hall–Kier alpha value is -2.10. The van der Waals surface area contributed by atoms with Crippen LogP contribution >= 0.6 is 0 Å². The van der Waals surface area contributed by atoms with Crippen LogP contribution in [0.2, 0.25) is 0 Å². The monoisotopic (exact) mass is 189 g/mol. The second kappa shape index (κ2) is 2.99. The van der Waals surface area contributed by atoms with Gasteiger partial charge in [0.2, 0.25) is 0 Å². The smallest absolute Gasteiger partial charge is 0.258 e. The molecule has 1 aliphatic rings. The lowest BCUT2D eigenvalue weighted by atomic mass is 10.1. The molecule has 0 spiro atoms. The maximum Gasteiger partial charge on any atom is 0.258 e. The van der Waals surface area contributed by atoms with E-state index in [4.69, 9.17) is 0 Å². The van der Waals surface area contributed by atoms with Crippen LogP contribution < -0.4 is 5.32 Å². The number of phenols is 1. The van der Waals surface area contributed by atoms with Crippen LogP contribution in [0.5, 0.6) is 5.75 Å². The SMILES string of the molecule is O=C1C=C(c2cccc(O)c2)C(=O)N1. The normalized spacial score (nSPS) is 15.3. The highest BCUT2D eigenvalue weighted by Crippen LogP contribution is 2.21. The van der Waals surface area contributed by atoms with Gasteiger partial charge in [0.15, 0.2) is 0 Å². The van der Waals surface area contributed by atoms with Gasteiger partial charge in [-0.1, -0.05) is 12.1 Å². The molecule has 2 rings (SSSR count). The van der Waals surface area contributed by atoms with E-state index < -0.39 is 11.8 Å². The van der Waals surface area contributed by atoms with E-state index in [-0.39, 0.29) is 11.3 Å². The number of rotatable bonds is 1. The highest BCUT2D eigenvalue weighted by atomic mass is 16.3. The van der Waals surface area contributed by atoms with Gasteiger partial charge in [-0.05, 0) is 17.7 Å². The van der Waals surface area contributed by atoms with Gasteiger partial charge in [-0.3, -0.25) is 14.9 Å². The van der Waals surface area contributed by atoms with E-state index in [0.29, 0.717) is 5.56 Å². The minimum absolute atomic E-state index is 0.0653. The van der Waals surface area contributed by atoms with E-state index in [2.05, 4.69) is 5.32 Å². The third-order valence-corrected chi connectivity index (χ3v) is 1.91. The van der Waals surface area contributed by atoms with Gasteiger partial charge in [-0.2, -0.15) is 0 Å². The fourth-order valence-electron chi connectivity index (χ4n) is 1.30. The summed E-state index contributed by atoms with van der Waals surface area (Å²) in [6.07, 6.45) is 1.22. The summed E-state index contributed by atoms with van der Waals surface area (Å²) in [5.74, 6) is -0.788. The summed E-state index contributed by atoms with van der Waals surface area (Å²) < 4.78 is 0. The summed E-state index contributed by atoms with van der Waals surface area (Å²) in [5, 5.41) is 11.3. The average Bonchev–Trinajstić information content (AvgIpc) is 2.45. The molecule has 0 saturated heterocycles. The molecule has 1 aromatic carbocycles. The molecule has 0 bridgehead atoms. The Labute approximate surface area is 79.9 Å². The Balaban J connectivity index is 2.45. The molecule has 0 aliphatic carbocycles. The van der Waals surface area contributed by atoms with Crippen molar-refractivity contribution in [1.82, 2.24) is 5.32 Å². The van der Waals surface area contributed by atoms with Crippen molar-refractivity contribution >= 4 is 17.4 Å². The second-order valence-electron chi connectivity index (χ2n) is 2.93. The Morgan fingerprint density at radius 2 is 2.00 bits per heavy atom. The van der Waals surface area contributed by atoms with E-state index in [0.717, 1.165) is 0 Å². The summed E-state index contributed by atoms with van der Waals surface area (Å²) in [7, 11) is 0. The topological polar surface area (TPSA) is 66.4 Å². The molecule has 0 unspecified atom stereocenters. The van der Waals surface area contributed by atoms with Gasteiger partial charge >= 0.3 is 0 Å². The zero-order valence-corrected chi connectivity index (χ0v) is 7.15. The molecule has 0 atom stereocenters. The van der Waals surface area contributed by atoms with Gasteiger partial charge in [0, 0.05) is 6.08 Å². The van der Waals surface area contributed by atoms with Crippen LogP contribution in [0.4, 0.5) is 0 Å². The molecule has 1 aliphatic heterocycles. The molecular weight excluding hydrogens is 182 g/mol. The fourth-order valence-corrected chi connectivity index (χ4v) is 1.30. The number of phenolic OH excluding ortho intramolecular Hbond substituents is 1. The molecule has 0 radical (unpaired) electrons. The van der Waals surface area contributed by atoms with Crippen LogP contribution in [-0.2, 0) is 9.59 Å². The van der Waals surface area contributed by atoms with E-state index in [9.17, 15) is 14.7 Å². The first-order chi connectivity index (χ1) is 6.66. The number of carbonyl (C=O) groups excluding carboxylic acids is 2. The Morgan fingerprint density at radius 3 is 2.57 bits per heavy atom. The van der Waals surface area contributed by atoms with Crippen LogP contribution in [0.1, 0.15) is 5.56 Å². The minimum Gasteiger partial charge on any atom is -0.508 e. The lowest BCUT2D eigenvalue weighted by Gasteiger charge is -1.99. The number of benzene rings is 1. The number of aromatic hydroxyl groups is 1. The number of amides is 2. The van der Waals surface area contributed by atoms with Crippen molar-refractivity contribution in [3.05, 3.63) is 35.9 Å². The van der Waals surface area contributed by atoms with Crippen LogP contribution in [0.3, 0.4) is 0 Å². The first kappa shape index (κ1) is 8.50. The Kier molecular flexibility index (Phi) is 1.81. The number of hydrogen-bond donors (Lipinski definition) is 2. The van der Waals surface area contributed by atoms with Crippen molar-refractivity contribution in [2.24, 2.45) is 0 Å². The first-order valence-electron chi connectivity index (χ1n) is 4.03. The second-order valence-corrected chi connectivity index (χ2v) is 2.93. The van der Waals surface area contributed by atoms with Crippen LogP contribution in [0.25, 0.3) is 5.57 Å². The molecule has 0 fully saturated rings. The van der Waals surface area contributed by atoms with Crippen molar-refractivity contribution in [3.63, 3.8) is 0 Å². The predicted molar refractivity (Wildman–Crippen MR) is 49.2 cm³/mol. The van der Waals surface area contributed by atoms with Gasteiger partial charge < -0.3 is 5.11 Å². The van der Waals surface area contributed by atoms with E-state index in [1.54, 1.807) is 12.1 Å². The molecular formula is C10H7NO3. The van der Waals surface area contributed by atoms with Gasteiger partial charge in [-0.25, -0.2) is 0 Å². The largest absolute Gasteiger partial charge is 0.508 e. The summed E-state index contributed by atoms with van der Waals surface area (Å²) in [5.41, 5.74) is 0.819. The molecule has 2 amide bonds. The highest BCUT2D eigenvalue weighted by Gasteiger charge is 2.21. The summed E-state index contributed by atoms with van der Waals surface area (Å²) in [6.45, 7) is 0. The highest BCUT2D eigenvalue weighted by molar-refractivity contribution is 6.33. The van der Waals surface area contributed by atoms with Crippen molar-refractivity contribution in [3.8, 4) is 5.75 Å². The van der Waals surface area contributed by atoms with E-state index in [1.165, 1.54) is 18.2 Å². The van der Waals surface area contributed by atoms with Crippen LogP contribution in [-0.4, -0.2) is 16.9 Å². The molecule has 4 heteroatoms. The zero-order chi connectivity index (χ0) is 10.1. The van der Waals surface area contributed by atoms with Crippen LogP contribution in [0, 0.1) is 0 Å². The molecule has 1 aromatic rings. The molecule has 14 heavy (non-hydrogen) atoms. The van der Waals surface area contributed by atoms with Crippen molar-refractivity contribution < 1.29 is 14.7 Å². The molecule has 0 aromatic heterocycles. The fraction of sp³-hybridized carbons (Fsp3) is 0. The molecule has 2 N–H and O–H groups in total. The lowest BCUT2D eigenvalue weighted by Crippen LogP contribution is -2.21. The Bertz CT molecular complexity index is 448. The average molecular weight is 189 g/mol. The van der Waals surface area contributed by atoms with Gasteiger partial charge in [0.1, 0.15) is 5.75 Å². The first-order valence-corrected chi connectivity index (χ1v) is 4.03. The van der Waals surface area contributed by atoms with E-state index in [1.807, 2.05) is 0 Å². The third-order valence-electron chi connectivity index (χ3n) is 1.91. The minimum atomic E-state index is -0.430. The standard InChI is InChI=1S/C10H7NO3/c12-7-3-1-2-6(4-7)8-5-9(13)11-10(8)14/h1-5,12H,(H,11,13,14). The molecule has 70 valence electrons. The maximum absolute atomic E-state index is 11.2.